The quantitative estimate of drug-likeness (QED) is 0.645. The lowest BCUT2D eigenvalue weighted by Crippen LogP contribution is -2.41. The van der Waals surface area contributed by atoms with Crippen LogP contribution in [0.5, 0.6) is 5.75 Å². The van der Waals surface area contributed by atoms with E-state index >= 15 is 0 Å². The normalized spacial score (nSPS) is 16.9. The molecule has 1 heterocycles. The van der Waals surface area contributed by atoms with E-state index in [1.54, 1.807) is 13.0 Å². The largest absolute Gasteiger partial charge is 0.492 e. The van der Waals surface area contributed by atoms with Crippen LogP contribution >= 0.6 is 0 Å². The van der Waals surface area contributed by atoms with Crippen LogP contribution in [0, 0.1) is 0 Å². The monoisotopic (exact) mass is 387 g/mol. The third kappa shape index (κ3) is 4.92. The molecule has 2 rings (SSSR count). The van der Waals surface area contributed by atoms with Crippen molar-refractivity contribution < 1.29 is 27.4 Å². The minimum Gasteiger partial charge on any atom is -0.492 e. The Bertz CT molecular complexity index is 719. The number of anilines is 1. The summed E-state index contributed by atoms with van der Waals surface area (Å²) in [5.74, 6) is -0.232. The number of benzene rings is 1. The lowest BCUT2D eigenvalue weighted by molar-refractivity contribution is -0.118. The van der Waals surface area contributed by atoms with Gasteiger partial charge < -0.3 is 25.3 Å². The van der Waals surface area contributed by atoms with Gasteiger partial charge in [-0.2, -0.15) is 4.31 Å². The number of hydrogen-bond donors (Lipinski definition) is 2. The molecule has 1 aromatic rings. The lowest BCUT2D eigenvalue weighted by Gasteiger charge is -2.27. The first-order valence-electron chi connectivity index (χ1n) is 8.30. The van der Waals surface area contributed by atoms with Gasteiger partial charge in [0.15, 0.2) is 0 Å². The van der Waals surface area contributed by atoms with Gasteiger partial charge >= 0.3 is 0 Å². The van der Waals surface area contributed by atoms with E-state index in [9.17, 15) is 13.2 Å². The van der Waals surface area contributed by atoms with Crippen molar-refractivity contribution in [2.75, 3.05) is 51.9 Å². The molecule has 9 nitrogen and oxygen atoms in total. The van der Waals surface area contributed by atoms with Crippen LogP contribution in [-0.4, -0.2) is 71.3 Å². The number of ether oxygens (including phenoxy) is 3. The molecule has 1 aromatic carbocycles. The summed E-state index contributed by atoms with van der Waals surface area (Å²) in [6, 6.07) is 3.62. The zero-order chi connectivity index (χ0) is 19.2. The predicted molar refractivity (Wildman–Crippen MR) is 95.7 cm³/mol. The maximum atomic E-state index is 13.0. The summed E-state index contributed by atoms with van der Waals surface area (Å²) in [6.45, 7) is 3.35. The standard InChI is InChI=1S/C16H25N3O6S/c1-3-25-14-5-4-12(18-16(20)13(17)11-23-2)10-15(14)26(21,22)19-6-8-24-9-7-19/h4-5,10,13H,3,6-9,11,17H2,1-2H3,(H,18,20). The van der Waals surface area contributed by atoms with Gasteiger partial charge in [0.2, 0.25) is 15.9 Å². The Labute approximate surface area is 153 Å². The van der Waals surface area contributed by atoms with Gasteiger partial charge in [-0.05, 0) is 25.1 Å². The van der Waals surface area contributed by atoms with E-state index in [1.807, 2.05) is 0 Å². The highest BCUT2D eigenvalue weighted by atomic mass is 32.2. The highest BCUT2D eigenvalue weighted by molar-refractivity contribution is 7.89. The molecule has 10 heteroatoms. The van der Waals surface area contributed by atoms with E-state index < -0.39 is 22.0 Å². The summed E-state index contributed by atoms with van der Waals surface area (Å²) >= 11 is 0. The minimum atomic E-state index is -3.78. The second-order valence-electron chi connectivity index (χ2n) is 5.66. The van der Waals surface area contributed by atoms with Gasteiger partial charge in [-0.15, -0.1) is 0 Å². The molecule has 0 saturated carbocycles. The van der Waals surface area contributed by atoms with Crippen LogP contribution in [-0.2, 0) is 24.3 Å². The van der Waals surface area contributed by atoms with E-state index in [4.69, 9.17) is 19.9 Å². The molecule has 146 valence electrons. The van der Waals surface area contributed by atoms with Gasteiger partial charge in [0.1, 0.15) is 16.7 Å². The zero-order valence-electron chi connectivity index (χ0n) is 14.9. The summed E-state index contributed by atoms with van der Waals surface area (Å²) in [7, 11) is -2.34. The van der Waals surface area contributed by atoms with Crippen LogP contribution in [0.3, 0.4) is 0 Å². The molecule has 1 aliphatic rings. The first kappa shape index (κ1) is 20.6. The molecular weight excluding hydrogens is 362 g/mol. The van der Waals surface area contributed by atoms with Crippen molar-refractivity contribution in [1.29, 1.82) is 0 Å². The Morgan fingerprint density at radius 3 is 2.69 bits per heavy atom. The molecule has 1 atom stereocenters. The third-order valence-electron chi connectivity index (χ3n) is 3.78. The van der Waals surface area contributed by atoms with Gasteiger partial charge in [-0.25, -0.2) is 8.42 Å². The summed E-state index contributed by atoms with van der Waals surface area (Å²) in [5.41, 5.74) is 6.01. The van der Waals surface area contributed by atoms with E-state index in [1.165, 1.54) is 23.5 Å². The molecule has 0 spiro atoms. The van der Waals surface area contributed by atoms with Crippen LogP contribution in [0.2, 0.25) is 0 Å². The van der Waals surface area contributed by atoms with Gasteiger partial charge in [-0.1, -0.05) is 0 Å². The third-order valence-corrected chi connectivity index (χ3v) is 5.70. The second kappa shape index (κ2) is 9.28. The summed E-state index contributed by atoms with van der Waals surface area (Å²) < 4.78 is 42.9. The van der Waals surface area contributed by atoms with E-state index in [2.05, 4.69) is 5.32 Å². The fourth-order valence-electron chi connectivity index (χ4n) is 2.48. The smallest absolute Gasteiger partial charge is 0.246 e. The SMILES string of the molecule is CCOc1ccc(NC(=O)C(N)COC)cc1S(=O)(=O)N1CCOCC1. The first-order valence-corrected chi connectivity index (χ1v) is 9.74. The maximum absolute atomic E-state index is 13.0. The number of nitrogens with one attached hydrogen (secondary N) is 1. The Morgan fingerprint density at radius 1 is 1.38 bits per heavy atom. The van der Waals surface area contributed by atoms with Crippen molar-refractivity contribution in [2.45, 2.75) is 17.9 Å². The fraction of sp³-hybridized carbons (Fsp3) is 0.562. The Morgan fingerprint density at radius 2 is 2.08 bits per heavy atom. The molecule has 1 aliphatic heterocycles. The van der Waals surface area contributed by atoms with Gasteiger partial charge in [0.25, 0.3) is 0 Å². The molecule has 0 aromatic heterocycles. The number of nitrogens with zero attached hydrogens (tertiary/aromatic N) is 1. The van der Waals surface area contributed by atoms with E-state index in [-0.39, 0.29) is 30.3 Å². The van der Waals surface area contributed by atoms with Crippen LogP contribution in [0.15, 0.2) is 23.1 Å². The fourth-order valence-corrected chi connectivity index (χ4v) is 4.04. The summed E-state index contributed by atoms with van der Waals surface area (Å²) in [6.07, 6.45) is 0. The maximum Gasteiger partial charge on any atom is 0.246 e. The first-order chi connectivity index (χ1) is 12.4. The number of amides is 1. The van der Waals surface area contributed by atoms with Gasteiger partial charge in [0.05, 0.1) is 26.4 Å². The van der Waals surface area contributed by atoms with Gasteiger partial charge in [-0.3, -0.25) is 4.79 Å². The number of morpholine rings is 1. The molecule has 3 N–H and O–H groups in total. The molecule has 26 heavy (non-hydrogen) atoms. The number of rotatable bonds is 8. The van der Waals surface area contributed by atoms with Crippen LogP contribution in [0.25, 0.3) is 0 Å². The molecule has 1 saturated heterocycles. The van der Waals surface area contributed by atoms with Gasteiger partial charge in [0, 0.05) is 25.9 Å². The molecule has 0 aliphatic carbocycles. The summed E-state index contributed by atoms with van der Waals surface area (Å²) in [5, 5.41) is 2.60. The number of carbonyl (C=O) groups excluding carboxylic acids is 1. The van der Waals surface area contributed by atoms with Crippen LogP contribution in [0.4, 0.5) is 5.69 Å². The predicted octanol–water partition coefficient (Wildman–Crippen LogP) is 0.0184. The molecule has 0 bridgehead atoms. The Kier molecular flexibility index (Phi) is 7.35. The Balaban J connectivity index is 2.31. The number of sulfonamides is 1. The van der Waals surface area contributed by atoms with Crippen LogP contribution < -0.4 is 15.8 Å². The van der Waals surface area contributed by atoms with Crippen molar-refractivity contribution >= 4 is 21.6 Å². The van der Waals surface area contributed by atoms with Crippen molar-refractivity contribution in [3.63, 3.8) is 0 Å². The molecule has 1 fully saturated rings. The van der Waals surface area contributed by atoms with Crippen molar-refractivity contribution in [1.82, 2.24) is 4.31 Å². The minimum absolute atomic E-state index is 0.000590. The van der Waals surface area contributed by atoms with Crippen LogP contribution in [0.1, 0.15) is 6.92 Å². The highest BCUT2D eigenvalue weighted by Crippen LogP contribution is 2.30. The van der Waals surface area contributed by atoms with E-state index in [0.717, 1.165) is 0 Å². The van der Waals surface area contributed by atoms with Crippen molar-refractivity contribution in [2.24, 2.45) is 5.73 Å². The van der Waals surface area contributed by atoms with E-state index in [0.29, 0.717) is 25.5 Å². The highest BCUT2D eigenvalue weighted by Gasteiger charge is 2.30. The Hall–Kier alpha value is -1.72. The molecule has 1 amide bonds. The van der Waals surface area contributed by atoms with Crippen molar-refractivity contribution in [3.05, 3.63) is 18.2 Å². The average molecular weight is 387 g/mol. The molecule has 1 unspecified atom stereocenters. The average Bonchev–Trinajstić information content (AvgIpc) is 2.64. The number of carbonyl (C=O) groups is 1. The lowest BCUT2D eigenvalue weighted by atomic mass is 10.2. The number of hydrogen-bond acceptors (Lipinski definition) is 7. The topological polar surface area (TPSA) is 120 Å². The molecular formula is C16H25N3O6S. The van der Waals surface area contributed by atoms with Crippen molar-refractivity contribution in [3.8, 4) is 5.75 Å². The molecule has 0 radical (unpaired) electrons. The summed E-state index contributed by atoms with van der Waals surface area (Å²) in [4.78, 5) is 12.1. The second-order valence-corrected chi connectivity index (χ2v) is 7.57. The number of nitrogens with two attached hydrogens (primary N) is 1. The number of methoxy groups -OCH3 is 1. The zero-order valence-corrected chi connectivity index (χ0v) is 15.8.